The Hall–Kier alpha value is -2.81. The van der Waals surface area contributed by atoms with E-state index >= 15 is 0 Å². The predicted octanol–water partition coefficient (Wildman–Crippen LogP) is 3.35. The summed E-state index contributed by atoms with van der Waals surface area (Å²) in [4.78, 5) is -0.237. The van der Waals surface area contributed by atoms with Crippen LogP contribution in [-0.2, 0) is 16.4 Å². The highest BCUT2D eigenvalue weighted by atomic mass is 32.2. The number of benzene rings is 2. The van der Waals surface area contributed by atoms with Crippen LogP contribution >= 0.6 is 0 Å². The van der Waals surface area contributed by atoms with E-state index in [1.165, 1.54) is 26.4 Å². The number of nitrogens with zero attached hydrogens (tertiary/aromatic N) is 1. The average molecular weight is 380 g/mol. The molecule has 0 aliphatic heterocycles. The number of aryl methyl sites for hydroxylation is 1. The van der Waals surface area contributed by atoms with Crippen LogP contribution in [0.5, 0.6) is 11.5 Å². The molecular weight excluding hydrogens is 363 g/mol. The van der Waals surface area contributed by atoms with Gasteiger partial charge in [0.15, 0.2) is 17.1 Å². The Morgan fingerprint density at radius 3 is 2.50 bits per heavy atom. The van der Waals surface area contributed by atoms with Gasteiger partial charge in [0.05, 0.1) is 30.5 Å². The third-order valence-electron chi connectivity index (χ3n) is 3.88. The zero-order chi connectivity index (χ0) is 18.9. The van der Waals surface area contributed by atoms with Crippen molar-refractivity contribution >= 4 is 26.7 Å². The number of halogens is 1. The van der Waals surface area contributed by atoms with Crippen LogP contribution in [0, 0.1) is 5.82 Å². The first-order valence-corrected chi connectivity index (χ1v) is 9.20. The van der Waals surface area contributed by atoms with Gasteiger partial charge in [-0.05, 0) is 30.7 Å². The molecule has 0 spiro atoms. The topological polar surface area (TPSA) is 90.7 Å². The van der Waals surface area contributed by atoms with Gasteiger partial charge >= 0.3 is 0 Å². The SMILES string of the molecule is CCc1noc2cc(OC)c(NS(=O)(=O)c3ccc(OC)c(F)c3)cc12. The highest BCUT2D eigenvalue weighted by Gasteiger charge is 2.20. The molecule has 1 aromatic heterocycles. The Bertz CT molecular complexity index is 1060. The molecule has 138 valence electrons. The van der Waals surface area contributed by atoms with Crippen molar-refractivity contribution in [2.75, 3.05) is 18.9 Å². The van der Waals surface area contributed by atoms with Crippen molar-refractivity contribution in [1.82, 2.24) is 5.16 Å². The van der Waals surface area contributed by atoms with Crippen LogP contribution in [0.3, 0.4) is 0 Å². The molecule has 0 saturated heterocycles. The van der Waals surface area contributed by atoms with Gasteiger partial charge in [0, 0.05) is 11.5 Å². The third-order valence-corrected chi connectivity index (χ3v) is 5.24. The van der Waals surface area contributed by atoms with Crippen LogP contribution < -0.4 is 14.2 Å². The Morgan fingerprint density at radius 2 is 1.88 bits per heavy atom. The summed E-state index contributed by atoms with van der Waals surface area (Å²) in [5.74, 6) is -0.557. The summed E-state index contributed by atoms with van der Waals surface area (Å²) in [6.07, 6.45) is 0.620. The van der Waals surface area contributed by atoms with Gasteiger partial charge < -0.3 is 14.0 Å². The van der Waals surface area contributed by atoms with Gasteiger partial charge in [-0.2, -0.15) is 0 Å². The number of fused-ring (bicyclic) bond motifs is 1. The highest BCUT2D eigenvalue weighted by Crippen LogP contribution is 2.34. The van der Waals surface area contributed by atoms with Crippen molar-refractivity contribution in [3.8, 4) is 11.5 Å². The Balaban J connectivity index is 2.04. The summed E-state index contributed by atoms with van der Waals surface area (Å²) in [5, 5.41) is 4.62. The minimum absolute atomic E-state index is 0.0417. The number of methoxy groups -OCH3 is 2. The van der Waals surface area contributed by atoms with Crippen LogP contribution in [0.1, 0.15) is 12.6 Å². The van der Waals surface area contributed by atoms with Crippen LogP contribution in [-0.4, -0.2) is 27.8 Å². The third kappa shape index (κ3) is 3.17. The normalized spacial score (nSPS) is 11.5. The van der Waals surface area contributed by atoms with Gasteiger partial charge in [-0.15, -0.1) is 0 Å². The van der Waals surface area contributed by atoms with E-state index in [1.54, 1.807) is 12.1 Å². The van der Waals surface area contributed by atoms with Crippen LogP contribution in [0.25, 0.3) is 11.0 Å². The van der Waals surface area contributed by atoms with Gasteiger partial charge in [-0.1, -0.05) is 12.1 Å². The standard InChI is InChI=1S/C17H17FN2O5S/c1-4-13-11-8-14(17(24-3)9-16(11)25-19-13)20-26(21,22)10-5-6-15(23-2)12(18)7-10/h5-9,20H,4H2,1-3H3. The summed E-state index contributed by atoms with van der Waals surface area (Å²) in [6.45, 7) is 1.91. The van der Waals surface area contributed by atoms with Crippen molar-refractivity contribution in [2.24, 2.45) is 0 Å². The van der Waals surface area contributed by atoms with E-state index in [-0.39, 0.29) is 22.1 Å². The van der Waals surface area contributed by atoms with E-state index in [1.807, 2.05) is 6.92 Å². The predicted molar refractivity (Wildman–Crippen MR) is 93.7 cm³/mol. The molecule has 1 N–H and O–H groups in total. The van der Waals surface area contributed by atoms with E-state index in [4.69, 9.17) is 14.0 Å². The molecule has 3 rings (SSSR count). The number of hydrogen-bond acceptors (Lipinski definition) is 6. The Morgan fingerprint density at radius 1 is 1.15 bits per heavy atom. The van der Waals surface area contributed by atoms with E-state index in [0.29, 0.717) is 23.1 Å². The summed E-state index contributed by atoms with van der Waals surface area (Å²) in [5.41, 5.74) is 1.38. The molecule has 0 bridgehead atoms. The number of ether oxygens (including phenoxy) is 2. The molecule has 0 aliphatic rings. The minimum Gasteiger partial charge on any atom is -0.494 e. The van der Waals surface area contributed by atoms with Gasteiger partial charge in [0.2, 0.25) is 0 Å². The van der Waals surface area contributed by atoms with Gasteiger partial charge in [-0.25, -0.2) is 12.8 Å². The summed E-state index contributed by atoms with van der Waals surface area (Å²) in [6, 6.07) is 6.53. The molecule has 26 heavy (non-hydrogen) atoms. The smallest absolute Gasteiger partial charge is 0.262 e. The maximum absolute atomic E-state index is 13.9. The number of anilines is 1. The Kier molecular flexibility index (Phi) is 4.73. The fraction of sp³-hybridized carbons (Fsp3) is 0.235. The van der Waals surface area contributed by atoms with E-state index in [0.717, 1.165) is 6.07 Å². The van der Waals surface area contributed by atoms with Crippen molar-refractivity contribution < 1.29 is 26.8 Å². The molecule has 0 aliphatic carbocycles. The maximum Gasteiger partial charge on any atom is 0.262 e. The molecule has 7 nitrogen and oxygen atoms in total. The number of hydrogen-bond donors (Lipinski definition) is 1. The summed E-state index contributed by atoms with van der Waals surface area (Å²) in [7, 11) is -1.33. The zero-order valence-corrected chi connectivity index (χ0v) is 15.2. The molecule has 0 amide bonds. The zero-order valence-electron chi connectivity index (χ0n) is 14.4. The number of aromatic nitrogens is 1. The molecule has 0 saturated carbocycles. The van der Waals surface area contributed by atoms with Gasteiger partial charge in [0.25, 0.3) is 10.0 Å². The molecule has 0 fully saturated rings. The number of rotatable bonds is 6. The lowest BCUT2D eigenvalue weighted by Crippen LogP contribution is -2.14. The van der Waals surface area contributed by atoms with Crippen molar-refractivity contribution in [3.05, 3.63) is 41.8 Å². The summed E-state index contributed by atoms with van der Waals surface area (Å²) >= 11 is 0. The average Bonchev–Trinajstić information content (AvgIpc) is 3.02. The summed E-state index contributed by atoms with van der Waals surface area (Å²) < 4.78 is 56.8. The van der Waals surface area contributed by atoms with Crippen molar-refractivity contribution in [3.63, 3.8) is 0 Å². The van der Waals surface area contributed by atoms with Crippen LogP contribution in [0.2, 0.25) is 0 Å². The van der Waals surface area contributed by atoms with Gasteiger partial charge in [0.1, 0.15) is 5.75 Å². The van der Waals surface area contributed by atoms with Gasteiger partial charge in [-0.3, -0.25) is 4.72 Å². The second kappa shape index (κ2) is 6.83. The monoisotopic (exact) mass is 380 g/mol. The molecule has 3 aromatic rings. The fourth-order valence-corrected chi connectivity index (χ4v) is 3.61. The fourth-order valence-electron chi connectivity index (χ4n) is 2.54. The lowest BCUT2D eigenvalue weighted by molar-refractivity contribution is 0.385. The first-order chi connectivity index (χ1) is 12.4. The lowest BCUT2D eigenvalue weighted by atomic mass is 10.1. The largest absolute Gasteiger partial charge is 0.494 e. The lowest BCUT2D eigenvalue weighted by Gasteiger charge is -2.12. The van der Waals surface area contributed by atoms with E-state index < -0.39 is 15.8 Å². The molecule has 0 atom stereocenters. The van der Waals surface area contributed by atoms with Crippen molar-refractivity contribution in [1.29, 1.82) is 0 Å². The molecule has 2 aromatic carbocycles. The van der Waals surface area contributed by atoms with Crippen molar-refractivity contribution in [2.45, 2.75) is 18.2 Å². The highest BCUT2D eigenvalue weighted by molar-refractivity contribution is 7.92. The van der Waals surface area contributed by atoms with Crippen LogP contribution in [0.4, 0.5) is 10.1 Å². The van der Waals surface area contributed by atoms with E-state index in [2.05, 4.69) is 9.88 Å². The Labute approximate surface area is 149 Å². The second-order valence-electron chi connectivity index (χ2n) is 5.43. The maximum atomic E-state index is 13.9. The number of nitrogens with one attached hydrogen (secondary N) is 1. The molecule has 0 unspecified atom stereocenters. The quantitative estimate of drug-likeness (QED) is 0.705. The van der Waals surface area contributed by atoms with E-state index in [9.17, 15) is 12.8 Å². The molecular formula is C17H17FN2O5S. The van der Waals surface area contributed by atoms with Crippen LogP contribution in [0.15, 0.2) is 39.8 Å². The first kappa shape index (κ1) is 18.0. The molecule has 9 heteroatoms. The second-order valence-corrected chi connectivity index (χ2v) is 7.12. The minimum atomic E-state index is -4.04. The molecule has 1 heterocycles. The first-order valence-electron chi connectivity index (χ1n) is 7.72. The number of sulfonamides is 1. The molecule has 0 radical (unpaired) electrons.